The van der Waals surface area contributed by atoms with Gasteiger partial charge in [0, 0.05) is 18.9 Å². The number of benzene rings is 1. The van der Waals surface area contributed by atoms with Gasteiger partial charge >= 0.3 is 0 Å². The van der Waals surface area contributed by atoms with E-state index in [-0.39, 0.29) is 28.6 Å². The lowest BCUT2D eigenvalue weighted by Gasteiger charge is -2.20. The number of hydrogen-bond donors (Lipinski definition) is 3. The number of nitrogens with one attached hydrogen (secondary N) is 3. The van der Waals surface area contributed by atoms with Crippen LogP contribution < -0.4 is 10.6 Å². The van der Waals surface area contributed by atoms with E-state index in [0.717, 1.165) is 31.4 Å². The molecule has 1 aliphatic carbocycles. The zero-order valence-corrected chi connectivity index (χ0v) is 18.6. The Morgan fingerprint density at radius 1 is 1.15 bits per heavy atom. The number of aryl methyl sites for hydroxylation is 1. The van der Waals surface area contributed by atoms with Crippen LogP contribution in [0.15, 0.2) is 22.6 Å². The second-order valence-corrected chi connectivity index (χ2v) is 8.33. The fraction of sp³-hybridized carbons (Fsp3) is 0.364. The standard InChI is InChI=1S/C22H22ClF2N5O3/c1-11-27-20(12-5-3-2-4-6-12)18(33-11)10-26-22(32)17-9-19(30-29-17)28-21(31)13-7-15(24)16(25)8-14(13)23/h7-9,12H,2-6,10H2,1H3,(H,26,32)(H2,28,29,30,31). The van der Waals surface area contributed by atoms with Crippen molar-refractivity contribution in [3.8, 4) is 0 Å². The van der Waals surface area contributed by atoms with Gasteiger partial charge in [-0.2, -0.15) is 5.10 Å². The third-order valence-electron chi connectivity index (χ3n) is 5.55. The summed E-state index contributed by atoms with van der Waals surface area (Å²) in [5, 5.41) is 11.3. The fourth-order valence-electron chi connectivity index (χ4n) is 3.95. The van der Waals surface area contributed by atoms with Crippen LogP contribution in [0.25, 0.3) is 0 Å². The van der Waals surface area contributed by atoms with Crippen molar-refractivity contribution >= 4 is 29.2 Å². The van der Waals surface area contributed by atoms with E-state index in [1.54, 1.807) is 6.92 Å². The lowest BCUT2D eigenvalue weighted by molar-refractivity contribution is 0.0941. The molecule has 0 bridgehead atoms. The van der Waals surface area contributed by atoms with E-state index in [1.807, 2.05) is 0 Å². The number of carbonyl (C=O) groups is 2. The van der Waals surface area contributed by atoms with Crippen LogP contribution in [0.3, 0.4) is 0 Å². The average molecular weight is 478 g/mol. The summed E-state index contributed by atoms with van der Waals surface area (Å²) in [6.07, 6.45) is 5.64. The number of aromatic nitrogens is 3. The number of anilines is 1. The van der Waals surface area contributed by atoms with Crippen LogP contribution in [-0.2, 0) is 6.54 Å². The van der Waals surface area contributed by atoms with E-state index in [1.165, 1.54) is 12.5 Å². The van der Waals surface area contributed by atoms with E-state index in [2.05, 4.69) is 25.8 Å². The first-order valence-corrected chi connectivity index (χ1v) is 11.0. The molecule has 0 radical (unpaired) electrons. The first-order chi connectivity index (χ1) is 15.8. The third-order valence-corrected chi connectivity index (χ3v) is 5.87. The molecule has 1 aliphatic rings. The van der Waals surface area contributed by atoms with Crippen LogP contribution in [0.4, 0.5) is 14.6 Å². The topological polar surface area (TPSA) is 113 Å². The molecule has 8 nitrogen and oxygen atoms in total. The second kappa shape index (κ2) is 9.70. The van der Waals surface area contributed by atoms with E-state index < -0.39 is 23.4 Å². The molecule has 33 heavy (non-hydrogen) atoms. The maximum absolute atomic E-state index is 13.4. The lowest BCUT2D eigenvalue weighted by Crippen LogP contribution is -2.24. The van der Waals surface area contributed by atoms with Crippen LogP contribution in [0.5, 0.6) is 0 Å². The Kier molecular flexibility index (Phi) is 6.73. The van der Waals surface area contributed by atoms with Crippen molar-refractivity contribution in [1.82, 2.24) is 20.5 Å². The van der Waals surface area contributed by atoms with Crippen LogP contribution in [-0.4, -0.2) is 27.0 Å². The lowest BCUT2D eigenvalue weighted by atomic mass is 9.86. The third kappa shape index (κ3) is 5.22. The Balaban J connectivity index is 1.39. The van der Waals surface area contributed by atoms with Crippen molar-refractivity contribution in [2.24, 2.45) is 0 Å². The number of aromatic amines is 1. The summed E-state index contributed by atoms with van der Waals surface area (Å²) in [7, 11) is 0. The first-order valence-electron chi connectivity index (χ1n) is 10.6. The predicted molar refractivity (Wildman–Crippen MR) is 116 cm³/mol. The molecule has 2 amide bonds. The largest absolute Gasteiger partial charge is 0.444 e. The van der Waals surface area contributed by atoms with Gasteiger partial charge in [-0.15, -0.1) is 0 Å². The summed E-state index contributed by atoms with van der Waals surface area (Å²) in [5.41, 5.74) is 0.728. The first kappa shape index (κ1) is 22.9. The molecule has 1 aromatic carbocycles. The Bertz CT molecular complexity index is 1190. The number of amides is 2. The van der Waals surface area contributed by atoms with Gasteiger partial charge in [-0.3, -0.25) is 14.7 Å². The summed E-state index contributed by atoms with van der Waals surface area (Å²) >= 11 is 5.81. The number of oxazole rings is 1. The molecular weight excluding hydrogens is 456 g/mol. The number of rotatable bonds is 6. The van der Waals surface area contributed by atoms with Crippen molar-refractivity contribution in [2.75, 3.05) is 5.32 Å². The minimum Gasteiger partial charge on any atom is -0.444 e. The molecule has 0 spiro atoms. The monoisotopic (exact) mass is 477 g/mol. The number of hydrogen-bond acceptors (Lipinski definition) is 5. The molecule has 0 atom stereocenters. The smallest absolute Gasteiger partial charge is 0.269 e. The molecule has 174 valence electrons. The predicted octanol–water partition coefficient (Wildman–Crippen LogP) is 4.87. The summed E-state index contributed by atoms with van der Waals surface area (Å²) in [6.45, 7) is 1.94. The molecular formula is C22H22ClF2N5O3. The normalized spacial score (nSPS) is 14.3. The van der Waals surface area contributed by atoms with E-state index in [0.29, 0.717) is 29.7 Å². The van der Waals surface area contributed by atoms with Gasteiger partial charge in [0.05, 0.1) is 22.8 Å². The Morgan fingerprint density at radius 3 is 2.64 bits per heavy atom. The highest BCUT2D eigenvalue weighted by Crippen LogP contribution is 2.34. The molecule has 1 fully saturated rings. The molecule has 2 aromatic heterocycles. The zero-order valence-electron chi connectivity index (χ0n) is 17.8. The Hall–Kier alpha value is -3.27. The van der Waals surface area contributed by atoms with Gasteiger partial charge < -0.3 is 15.1 Å². The fourth-order valence-corrected chi connectivity index (χ4v) is 4.18. The van der Waals surface area contributed by atoms with Gasteiger partial charge in [0.15, 0.2) is 23.3 Å². The van der Waals surface area contributed by atoms with Crippen LogP contribution >= 0.6 is 11.6 Å². The van der Waals surface area contributed by atoms with Gasteiger partial charge in [0.25, 0.3) is 11.8 Å². The highest BCUT2D eigenvalue weighted by molar-refractivity contribution is 6.34. The molecule has 0 unspecified atom stereocenters. The van der Waals surface area contributed by atoms with Crippen molar-refractivity contribution in [3.63, 3.8) is 0 Å². The van der Waals surface area contributed by atoms with Crippen molar-refractivity contribution in [3.05, 3.63) is 63.5 Å². The Morgan fingerprint density at radius 2 is 1.88 bits per heavy atom. The number of H-pyrrole nitrogens is 1. The molecule has 3 N–H and O–H groups in total. The molecule has 3 aromatic rings. The quantitative estimate of drug-likeness (QED) is 0.438. The maximum Gasteiger partial charge on any atom is 0.269 e. The maximum atomic E-state index is 13.4. The van der Waals surface area contributed by atoms with Gasteiger partial charge in [0.2, 0.25) is 0 Å². The summed E-state index contributed by atoms with van der Waals surface area (Å²) in [4.78, 5) is 29.4. The van der Waals surface area contributed by atoms with Gasteiger partial charge in [-0.05, 0) is 25.0 Å². The molecule has 0 aliphatic heterocycles. The zero-order chi connectivity index (χ0) is 23.5. The molecule has 11 heteroatoms. The molecule has 4 rings (SSSR count). The number of nitrogens with zero attached hydrogens (tertiary/aromatic N) is 2. The molecule has 1 saturated carbocycles. The van der Waals surface area contributed by atoms with E-state index in [9.17, 15) is 18.4 Å². The highest BCUT2D eigenvalue weighted by atomic mass is 35.5. The summed E-state index contributed by atoms with van der Waals surface area (Å²) in [5.74, 6) is -2.09. The van der Waals surface area contributed by atoms with Crippen LogP contribution in [0.1, 0.15) is 76.2 Å². The van der Waals surface area contributed by atoms with Crippen molar-refractivity contribution in [1.29, 1.82) is 0 Å². The molecule has 0 saturated heterocycles. The van der Waals surface area contributed by atoms with E-state index in [4.69, 9.17) is 16.0 Å². The second-order valence-electron chi connectivity index (χ2n) is 7.93. The number of carbonyl (C=O) groups excluding carboxylic acids is 2. The van der Waals surface area contributed by atoms with Crippen molar-refractivity contribution in [2.45, 2.75) is 51.5 Å². The average Bonchev–Trinajstić information content (AvgIpc) is 3.41. The van der Waals surface area contributed by atoms with Crippen LogP contribution in [0.2, 0.25) is 5.02 Å². The summed E-state index contributed by atoms with van der Waals surface area (Å²) in [6, 6.07) is 2.72. The van der Waals surface area contributed by atoms with Gasteiger partial charge in [0.1, 0.15) is 11.5 Å². The highest BCUT2D eigenvalue weighted by Gasteiger charge is 2.24. The number of halogens is 3. The van der Waals surface area contributed by atoms with Crippen molar-refractivity contribution < 1.29 is 22.8 Å². The minimum absolute atomic E-state index is 0.0179. The SMILES string of the molecule is Cc1nc(C2CCCCC2)c(CNC(=O)c2cc(NC(=O)c3cc(F)c(F)cc3Cl)n[nH]2)o1. The van der Waals surface area contributed by atoms with E-state index >= 15 is 0 Å². The van der Waals surface area contributed by atoms with Crippen LogP contribution in [0, 0.1) is 18.6 Å². The van der Waals surface area contributed by atoms with Gasteiger partial charge in [-0.1, -0.05) is 30.9 Å². The Labute approximate surface area is 193 Å². The summed E-state index contributed by atoms with van der Waals surface area (Å²) < 4.78 is 32.4. The minimum atomic E-state index is -1.21. The molecule has 2 heterocycles. The van der Waals surface area contributed by atoms with Gasteiger partial charge in [-0.25, -0.2) is 13.8 Å².